The minimum atomic E-state index is -3.19. The Bertz CT molecular complexity index is 541. The molecule has 1 aliphatic rings. The molecule has 1 aromatic carbocycles. The van der Waals surface area contributed by atoms with Crippen molar-refractivity contribution in [3.63, 3.8) is 0 Å². The van der Waals surface area contributed by atoms with E-state index in [4.69, 9.17) is 0 Å². The summed E-state index contributed by atoms with van der Waals surface area (Å²) in [5, 5.41) is 3.14. The highest BCUT2D eigenvalue weighted by Gasteiger charge is 2.22. The molecule has 0 aliphatic heterocycles. The van der Waals surface area contributed by atoms with Gasteiger partial charge in [-0.05, 0) is 30.4 Å². The number of aryl methyl sites for hydroxylation is 1. The quantitative estimate of drug-likeness (QED) is 0.835. The Morgan fingerprint density at radius 3 is 2.65 bits per heavy atom. The Balaban J connectivity index is 1.88. The van der Waals surface area contributed by atoms with Crippen LogP contribution >= 0.6 is 0 Å². The second kappa shape index (κ2) is 6.70. The summed E-state index contributed by atoms with van der Waals surface area (Å²) in [4.78, 5) is 0. The summed E-state index contributed by atoms with van der Waals surface area (Å²) < 4.78 is 26.9. The van der Waals surface area contributed by atoms with Gasteiger partial charge in [-0.3, -0.25) is 0 Å². The first-order chi connectivity index (χ1) is 9.46. The number of nitrogens with one attached hydrogen (secondary N) is 2. The zero-order valence-electron chi connectivity index (χ0n) is 12.2. The van der Waals surface area contributed by atoms with E-state index in [2.05, 4.69) is 22.2 Å². The van der Waals surface area contributed by atoms with Crippen LogP contribution in [-0.2, 0) is 22.9 Å². The zero-order valence-corrected chi connectivity index (χ0v) is 13.0. The van der Waals surface area contributed by atoms with Gasteiger partial charge in [0.05, 0.1) is 5.75 Å². The molecule has 2 N–H and O–H groups in total. The number of hydrogen-bond acceptors (Lipinski definition) is 3. The fourth-order valence-corrected chi connectivity index (χ4v) is 3.81. The number of hydrogen-bond donors (Lipinski definition) is 2. The first kappa shape index (κ1) is 15.5. The van der Waals surface area contributed by atoms with Crippen LogP contribution in [0.3, 0.4) is 0 Å². The van der Waals surface area contributed by atoms with Crippen LogP contribution in [0.4, 0.5) is 0 Å². The van der Waals surface area contributed by atoms with Gasteiger partial charge in [0, 0.05) is 18.6 Å². The maximum atomic E-state index is 12.0. The lowest BCUT2D eigenvalue weighted by molar-refractivity contribution is 0.504. The summed E-state index contributed by atoms with van der Waals surface area (Å²) in [7, 11) is -3.19. The van der Waals surface area contributed by atoms with Gasteiger partial charge in [0.2, 0.25) is 10.0 Å². The number of rotatable bonds is 6. The van der Waals surface area contributed by atoms with Crippen molar-refractivity contribution in [3.05, 3.63) is 35.4 Å². The van der Waals surface area contributed by atoms with Crippen LogP contribution in [0.25, 0.3) is 0 Å². The third kappa shape index (κ3) is 4.58. The highest BCUT2D eigenvalue weighted by atomic mass is 32.2. The summed E-state index contributed by atoms with van der Waals surface area (Å²) in [6.45, 7) is 4.52. The number of fused-ring (bicyclic) bond motifs is 1. The van der Waals surface area contributed by atoms with Crippen LogP contribution < -0.4 is 10.0 Å². The SMILES string of the molecule is CC(C)NCCS(=O)(=O)NC1CCc2ccccc2C1. The lowest BCUT2D eigenvalue weighted by atomic mass is 9.89. The van der Waals surface area contributed by atoms with Gasteiger partial charge >= 0.3 is 0 Å². The second-order valence-corrected chi connectivity index (χ2v) is 7.63. The number of benzene rings is 1. The van der Waals surface area contributed by atoms with Crippen molar-refractivity contribution in [3.8, 4) is 0 Å². The molecule has 0 aromatic heterocycles. The predicted octanol–water partition coefficient (Wildman–Crippen LogP) is 1.46. The molecule has 0 fully saturated rings. The van der Waals surface area contributed by atoms with Crippen molar-refractivity contribution in [2.75, 3.05) is 12.3 Å². The van der Waals surface area contributed by atoms with E-state index in [1.165, 1.54) is 11.1 Å². The maximum Gasteiger partial charge on any atom is 0.213 e. The Morgan fingerprint density at radius 1 is 1.25 bits per heavy atom. The fourth-order valence-electron chi connectivity index (χ4n) is 2.59. The number of sulfonamides is 1. The second-order valence-electron chi connectivity index (χ2n) is 5.75. The molecule has 0 amide bonds. The van der Waals surface area contributed by atoms with E-state index < -0.39 is 10.0 Å². The van der Waals surface area contributed by atoms with Gasteiger partial charge in [-0.2, -0.15) is 0 Å². The molecule has 0 bridgehead atoms. The third-order valence-electron chi connectivity index (χ3n) is 3.62. The highest BCUT2D eigenvalue weighted by molar-refractivity contribution is 7.89. The van der Waals surface area contributed by atoms with Crippen LogP contribution in [0, 0.1) is 0 Å². The van der Waals surface area contributed by atoms with Gasteiger partial charge in [-0.25, -0.2) is 13.1 Å². The van der Waals surface area contributed by atoms with E-state index in [0.29, 0.717) is 12.6 Å². The van der Waals surface area contributed by atoms with Crippen molar-refractivity contribution >= 4 is 10.0 Å². The Hall–Kier alpha value is -0.910. The molecule has 1 atom stereocenters. The van der Waals surface area contributed by atoms with Gasteiger partial charge in [0.15, 0.2) is 0 Å². The Morgan fingerprint density at radius 2 is 1.95 bits per heavy atom. The minimum absolute atomic E-state index is 0.0361. The monoisotopic (exact) mass is 296 g/mol. The molecule has 20 heavy (non-hydrogen) atoms. The lowest BCUT2D eigenvalue weighted by Crippen LogP contribution is -2.42. The average Bonchev–Trinajstić information content (AvgIpc) is 2.37. The van der Waals surface area contributed by atoms with Crippen molar-refractivity contribution in [1.82, 2.24) is 10.0 Å². The van der Waals surface area contributed by atoms with E-state index in [0.717, 1.165) is 19.3 Å². The molecule has 1 aromatic rings. The molecule has 0 saturated carbocycles. The maximum absolute atomic E-state index is 12.0. The summed E-state index contributed by atoms with van der Waals surface area (Å²) >= 11 is 0. The van der Waals surface area contributed by atoms with Crippen LogP contribution in [0.5, 0.6) is 0 Å². The lowest BCUT2D eigenvalue weighted by Gasteiger charge is -2.25. The van der Waals surface area contributed by atoms with E-state index in [1.54, 1.807) is 0 Å². The third-order valence-corrected chi connectivity index (χ3v) is 5.05. The van der Waals surface area contributed by atoms with Crippen LogP contribution in [0.1, 0.15) is 31.4 Å². The summed E-state index contributed by atoms with van der Waals surface area (Å²) in [6.07, 6.45) is 2.63. The minimum Gasteiger partial charge on any atom is -0.313 e. The zero-order chi connectivity index (χ0) is 14.6. The van der Waals surface area contributed by atoms with E-state index >= 15 is 0 Å². The topological polar surface area (TPSA) is 58.2 Å². The molecule has 5 heteroatoms. The average molecular weight is 296 g/mol. The van der Waals surface area contributed by atoms with E-state index in [-0.39, 0.29) is 11.8 Å². The smallest absolute Gasteiger partial charge is 0.213 e. The largest absolute Gasteiger partial charge is 0.313 e. The van der Waals surface area contributed by atoms with Crippen molar-refractivity contribution < 1.29 is 8.42 Å². The molecular formula is C15H24N2O2S. The van der Waals surface area contributed by atoms with Crippen molar-refractivity contribution in [2.24, 2.45) is 0 Å². The molecule has 1 aliphatic carbocycles. The Kier molecular flexibility index (Phi) is 5.18. The molecule has 4 nitrogen and oxygen atoms in total. The molecule has 1 unspecified atom stereocenters. The van der Waals surface area contributed by atoms with Crippen molar-refractivity contribution in [1.29, 1.82) is 0 Å². The molecule has 2 rings (SSSR count). The first-order valence-corrected chi connectivity index (χ1v) is 8.91. The molecule has 0 heterocycles. The first-order valence-electron chi connectivity index (χ1n) is 7.26. The molecule has 0 saturated heterocycles. The van der Waals surface area contributed by atoms with Gasteiger partial charge in [0.25, 0.3) is 0 Å². The van der Waals surface area contributed by atoms with Crippen LogP contribution in [0.2, 0.25) is 0 Å². The van der Waals surface area contributed by atoms with Gasteiger partial charge in [-0.1, -0.05) is 38.1 Å². The molecular weight excluding hydrogens is 272 g/mol. The standard InChI is InChI=1S/C15H24N2O2S/c1-12(2)16-9-10-20(18,19)17-15-8-7-13-5-3-4-6-14(13)11-15/h3-6,12,15-17H,7-11H2,1-2H3. The molecule has 112 valence electrons. The normalized spacial score (nSPS) is 19.1. The molecule has 0 radical (unpaired) electrons. The van der Waals surface area contributed by atoms with Crippen LogP contribution in [0.15, 0.2) is 24.3 Å². The van der Waals surface area contributed by atoms with Gasteiger partial charge < -0.3 is 5.32 Å². The van der Waals surface area contributed by atoms with Crippen molar-refractivity contribution in [2.45, 2.75) is 45.2 Å². The fraction of sp³-hybridized carbons (Fsp3) is 0.600. The van der Waals surface area contributed by atoms with E-state index in [1.807, 2.05) is 26.0 Å². The Labute approximate surface area is 122 Å². The van der Waals surface area contributed by atoms with Gasteiger partial charge in [-0.15, -0.1) is 0 Å². The van der Waals surface area contributed by atoms with Gasteiger partial charge in [0.1, 0.15) is 0 Å². The summed E-state index contributed by atoms with van der Waals surface area (Å²) in [6, 6.07) is 8.63. The summed E-state index contributed by atoms with van der Waals surface area (Å²) in [5.74, 6) is 0.142. The predicted molar refractivity (Wildman–Crippen MR) is 82.3 cm³/mol. The highest BCUT2D eigenvalue weighted by Crippen LogP contribution is 2.21. The van der Waals surface area contributed by atoms with Crippen LogP contribution in [-0.4, -0.2) is 32.8 Å². The summed E-state index contributed by atoms with van der Waals surface area (Å²) in [5.41, 5.74) is 2.62. The molecule has 0 spiro atoms. The van der Waals surface area contributed by atoms with E-state index in [9.17, 15) is 8.42 Å².